The average molecular weight is 490 g/mol. The first kappa shape index (κ1) is 26.0. The van der Waals surface area contributed by atoms with Gasteiger partial charge in [0.2, 0.25) is 5.91 Å². The minimum atomic E-state index is -4.64. The Bertz CT molecular complexity index is 872. The summed E-state index contributed by atoms with van der Waals surface area (Å²) in [5.41, 5.74) is 0.0921. The molecule has 34 heavy (non-hydrogen) atoms. The zero-order valence-corrected chi connectivity index (χ0v) is 19.5. The molecule has 3 amide bonds. The molecule has 1 aromatic rings. The van der Waals surface area contributed by atoms with Gasteiger partial charge in [-0.05, 0) is 32.9 Å². The van der Waals surface area contributed by atoms with E-state index in [-0.39, 0.29) is 23.2 Å². The molecule has 190 valence electrons. The Morgan fingerprint density at radius 2 is 1.74 bits per heavy atom. The van der Waals surface area contributed by atoms with Crippen molar-refractivity contribution < 1.29 is 31.9 Å². The highest BCUT2D eigenvalue weighted by Crippen LogP contribution is 2.29. The lowest BCUT2D eigenvalue weighted by molar-refractivity contribution is -0.253. The first-order chi connectivity index (χ1) is 15.9. The number of nitrogens with zero attached hydrogens (tertiary/aromatic N) is 3. The number of rotatable bonds is 5. The summed E-state index contributed by atoms with van der Waals surface area (Å²) in [6.07, 6.45) is -8.62. The molecule has 2 aliphatic heterocycles. The summed E-state index contributed by atoms with van der Waals surface area (Å²) in [5, 5.41) is 5.82. The van der Waals surface area contributed by atoms with Gasteiger partial charge in [0.15, 0.2) is 0 Å². The Kier molecular flexibility index (Phi) is 7.91. The molecule has 0 spiro atoms. The number of benzene rings is 1. The molecule has 2 aliphatic rings. The first-order valence-electron chi connectivity index (χ1n) is 11.1. The van der Waals surface area contributed by atoms with E-state index in [1.165, 1.54) is 17.0 Å². The fourth-order valence-electron chi connectivity index (χ4n) is 3.92. The smallest absolute Gasteiger partial charge is 0.428 e. The van der Waals surface area contributed by atoms with E-state index in [0.29, 0.717) is 32.7 Å². The molecular formula is C22H31F4N5O3. The van der Waals surface area contributed by atoms with Crippen molar-refractivity contribution >= 4 is 17.6 Å². The molecule has 1 atom stereocenters. The molecule has 2 N–H and O–H groups in total. The lowest BCUT2D eigenvalue weighted by Gasteiger charge is -2.43. The molecular weight excluding hydrogens is 458 g/mol. The molecule has 0 radical (unpaired) electrons. The van der Waals surface area contributed by atoms with Gasteiger partial charge in [0.25, 0.3) is 0 Å². The largest absolute Gasteiger partial charge is 0.461 e. The van der Waals surface area contributed by atoms with Crippen molar-refractivity contribution in [3.05, 3.63) is 24.3 Å². The second-order valence-corrected chi connectivity index (χ2v) is 9.36. The second kappa shape index (κ2) is 10.3. The normalized spacial score (nSPS) is 20.4. The fraction of sp³-hybridized carbons (Fsp3) is 0.636. The number of anilines is 1. The molecule has 1 unspecified atom stereocenters. The third-order valence-corrected chi connectivity index (χ3v) is 5.89. The summed E-state index contributed by atoms with van der Waals surface area (Å²) in [7, 11) is 0. The standard InChI is InChI=1S/C22H31F4N5O3/c1-21(2,3)31-8-7-27-17(14-31)18(32)29-9-11-30(12-10-29)20(33)28-15-5-4-6-16(13-15)34-22(25,26)19(23)24/h4-6,13,17,19,27H,7-12,14H2,1-3H3,(H,28,33). The van der Waals surface area contributed by atoms with Crippen molar-refractivity contribution in [2.45, 2.75) is 44.9 Å². The van der Waals surface area contributed by atoms with Crippen LogP contribution in [-0.4, -0.2) is 96.6 Å². The number of hydrogen-bond acceptors (Lipinski definition) is 5. The molecule has 2 saturated heterocycles. The van der Waals surface area contributed by atoms with E-state index in [4.69, 9.17) is 0 Å². The van der Waals surface area contributed by atoms with Crippen LogP contribution in [0.25, 0.3) is 0 Å². The van der Waals surface area contributed by atoms with Gasteiger partial charge < -0.3 is 25.2 Å². The van der Waals surface area contributed by atoms with E-state index in [9.17, 15) is 27.2 Å². The van der Waals surface area contributed by atoms with Crippen LogP contribution in [0.15, 0.2) is 24.3 Å². The molecule has 2 fully saturated rings. The summed E-state index contributed by atoms with van der Waals surface area (Å²) in [6.45, 7) is 9.88. The zero-order chi connectivity index (χ0) is 25.1. The number of nitrogens with one attached hydrogen (secondary N) is 2. The molecule has 12 heteroatoms. The van der Waals surface area contributed by atoms with Gasteiger partial charge >= 0.3 is 18.6 Å². The van der Waals surface area contributed by atoms with Crippen LogP contribution in [-0.2, 0) is 4.79 Å². The third-order valence-electron chi connectivity index (χ3n) is 5.89. The SMILES string of the molecule is CC(C)(C)N1CCNC(C(=O)N2CCN(C(=O)Nc3cccc(OC(F)(F)C(F)F)c3)CC2)C1. The maximum Gasteiger partial charge on any atom is 0.461 e. The van der Waals surface area contributed by atoms with E-state index in [0.717, 1.165) is 25.2 Å². The number of amides is 3. The lowest BCUT2D eigenvalue weighted by atomic mass is 10.0. The lowest BCUT2D eigenvalue weighted by Crippen LogP contribution is -2.63. The summed E-state index contributed by atoms with van der Waals surface area (Å²) in [6, 6.07) is 4.09. The van der Waals surface area contributed by atoms with Crippen molar-refractivity contribution in [2.75, 3.05) is 51.1 Å². The van der Waals surface area contributed by atoms with Gasteiger partial charge in [-0.1, -0.05) is 6.07 Å². The Hall–Kier alpha value is -2.60. The Balaban J connectivity index is 1.51. The van der Waals surface area contributed by atoms with Crippen LogP contribution >= 0.6 is 0 Å². The van der Waals surface area contributed by atoms with Gasteiger partial charge in [-0.15, -0.1) is 0 Å². The number of urea groups is 1. The van der Waals surface area contributed by atoms with Gasteiger partial charge in [0.05, 0.1) is 6.04 Å². The van der Waals surface area contributed by atoms with Crippen molar-refractivity contribution in [3.63, 3.8) is 0 Å². The minimum absolute atomic E-state index is 0.00110. The van der Waals surface area contributed by atoms with Crippen LogP contribution in [0.2, 0.25) is 0 Å². The van der Waals surface area contributed by atoms with Crippen molar-refractivity contribution in [3.8, 4) is 5.75 Å². The van der Waals surface area contributed by atoms with Crippen LogP contribution in [0.5, 0.6) is 5.75 Å². The number of hydrogen-bond donors (Lipinski definition) is 2. The summed E-state index contributed by atoms with van der Waals surface area (Å²) < 4.78 is 55.0. The zero-order valence-electron chi connectivity index (χ0n) is 19.5. The predicted molar refractivity (Wildman–Crippen MR) is 118 cm³/mol. The van der Waals surface area contributed by atoms with Crippen LogP contribution in [0.4, 0.5) is 28.0 Å². The van der Waals surface area contributed by atoms with Crippen LogP contribution in [0, 0.1) is 0 Å². The van der Waals surface area contributed by atoms with Crippen molar-refractivity contribution in [1.29, 1.82) is 0 Å². The molecule has 0 aliphatic carbocycles. The maximum absolute atomic E-state index is 13.1. The van der Waals surface area contributed by atoms with Crippen molar-refractivity contribution in [1.82, 2.24) is 20.0 Å². The van der Waals surface area contributed by atoms with E-state index in [1.54, 1.807) is 4.90 Å². The Morgan fingerprint density at radius 1 is 1.09 bits per heavy atom. The molecule has 2 heterocycles. The van der Waals surface area contributed by atoms with E-state index in [2.05, 4.69) is 41.0 Å². The van der Waals surface area contributed by atoms with E-state index >= 15 is 0 Å². The highest BCUT2D eigenvalue weighted by molar-refractivity contribution is 5.90. The Morgan fingerprint density at radius 3 is 2.35 bits per heavy atom. The topological polar surface area (TPSA) is 77.2 Å². The van der Waals surface area contributed by atoms with E-state index < -0.39 is 24.3 Å². The number of carbonyl (C=O) groups excluding carboxylic acids is 2. The number of ether oxygens (including phenoxy) is 1. The number of carbonyl (C=O) groups is 2. The summed E-state index contributed by atoms with van der Waals surface area (Å²) in [4.78, 5) is 31.1. The maximum atomic E-state index is 13.1. The number of halogens is 4. The molecule has 3 rings (SSSR count). The quantitative estimate of drug-likeness (QED) is 0.622. The van der Waals surface area contributed by atoms with Crippen LogP contribution in [0.1, 0.15) is 20.8 Å². The van der Waals surface area contributed by atoms with Gasteiger partial charge in [-0.25, -0.2) is 4.79 Å². The minimum Gasteiger partial charge on any atom is -0.428 e. The fourth-order valence-corrected chi connectivity index (χ4v) is 3.92. The second-order valence-electron chi connectivity index (χ2n) is 9.36. The summed E-state index contributed by atoms with van der Waals surface area (Å²) >= 11 is 0. The highest BCUT2D eigenvalue weighted by Gasteiger charge is 2.44. The van der Waals surface area contributed by atoms with Gasteiger partial charge in [-0.2, -0.15) is 17.6 Å². The number of alkyl halides is 4. The summed E-state index contributed by atoms with van der Waals surface area (Å²) in [5.74, 6) is -0.499. The van der Waals surface area contributed by atoms with Crippen molar-refractivity contribution in [2.24, 2.45) is 0 Å². The average Bonchev–Trinajstić information content (AvgIpc) is 2.78. The van der Waals surface area contributed by atoms with Gasteiger partial charge in [-0.3, -0.25) is 9.69 Å². The van der Waals surface area contributed by atoms with Gasteiger partial charge in [0, 0.05) is 63.1 Å². The highest BCUT2D eigenvalue weighted by atomic mass is 19.3. The predicted octanol–water partition coefficient (Wildman–Crippen LogP) is 2.67. The molecule has 1 aromatic carbocycles. The molecule has 0 bridgehead atoms. The van der Waals surface area contributed by atoms with Crippen LogP contribution < -0.4 is 15.4 Å². The molecule has 0 aromatic heterocycles. The van der Waals surface area contributed by atoms with E-state index in [1.807, 2.05) is 0 Å². The third kappa shape index (κ3) is 6.50. The first-order valence-corrected chi connectivity index (χ1v) is 11.1. The number of piperazine rings is 2. The van der Waals surface area contributed by atoms with Crippen LogP contribution in [0.3, 0.4) is 0 Å². The molecule has 8 nitrogen and oxygen atoms in total. The van der Waals surface area contributed by atoms with Gasteiger partial charge in [0.1, 0.15) is 5.75 Å². The molecule has 0 saturated carbocycles. The Labute approximate surface area is 196 Å². The monoisotopic (exact) mass is 489 g/mol.